The van der Waals surface area contributed by atoms with Gasteiger partial charge in [-0.3, -0.25) is 0 Å². The summed E-state index contributed by atoms with van der Waals surface area (Å²) in [6, 6.07) is 5.86. The van der Waals surface area contributed by atoms with Crippen LogP contribution in [0.25, 0.3) is 0 Å². The Bertz CT molecular complexity index is 449. The monoisotopic (exact) mass is 279 g/mol. The van der Waals surface area contributed by atoms with Crippen molar-refractivity contribution >= 4 is 11.8 Å². The van der Waals surface area contributed by atoms with Gasteiger partial charge < -0.3 is 14.7 Å². The van der Waals surface area contributed by atoms with Gasteiger partial charge in [0.2, 0.25) is 0 Å². The predicted octanol–water partition coefficient (Wildman–Crippen LogP) is 1.83. The van der Waals surface area contributed by atoms with Crippen molar-refractivity contribution in [1.82, 2.24) is 4.90 Å². The maximum atomic E-state index is 8.79. The smallest absolute Gasteiger partial charge is 0.119 e. The molecule has 0 fully saturated rings. The van der Waals surface area contributed by atoms with E-state index in [1.165, 1.54) is 0 Å². The molecule has 0 heterocycles. The van der Waals surface area contributed by atoms with Crippen molar-refractivity contribution in [3.8, 4) is 17.6 Å². The van der Waals surface area contributed by atoms with E-state index < -0.39 is 0 Å². The average molecular weight is 279 g/mol. The van der Waals surface area contributed by atoms with Gasteiger partial charge in [0.1, 0.15) is 12.4 Å². The third-order valence-electron chi connectivity index (χ3n) is 2.55. The molecule has 1 rings (SSSR count). The van der Waals surface area contributed by atoms with Crippen LogP contribution < -0.4 is 4.74 Å². The van der Waals surface area contributed by atoms with E-state index in [1.807, 2.05) is 30.0 Å². The lowest BCUT2D eigenvalue weighted by atomic mass is 10.1. The SMILES string of the molecule is COc1ccc(C#CCO)c(CSCCN(C)C)c1. The topological polar surface area (TPSA) is 32.7 Å². The standard InChI is InChI=1S/C15H21NO2S/c1-16(2)8-10-19-12-14-11-15(18-3)7-6-13(14)5-4-9-17/h6-7,11,17H,8-10,12H2,1-3H3. The Labute approximate surface area is 120 Å². The van der Waals surface area contributed by atoms with Gasteiger partial charge in [-0.25, -0.2) is 0 Å². The van der Waals surface area contributed by atoms with E-state index in [9.17, 15) is 0 Å². The summed E-state index contributed by atoms with van der Waals surface area (Å²) in [5.74, 6) is 8.51. The van der Waals surface area contributed by atoms with E-state index in [0.29, 0.717) is 0 Å². The minimum atomic E-state index is -0.112. The number of benzene rings is 1. The molecule has 0 aliphatic carbocycles. The van der Waals surface area contributed by atoms with Gasteiger partial charge in [0, 0.05) is 23.6 Å². The number of hydrogen-bond donors (Lipinski definition) is 1. The summed E-state index contributed by atoms with van der Waals surface area (Å²) in [4.78, 5) is 2.17. The van der Waals surface area contributed by atoms with Gasteiger partial charge in [-0.15, -0.1) is 0 Å². The molecule has 0 amide bonds. The zero-order valence-corrected chi connectivity index (χ0v) is 12.6. The molecule has 0 aliphatic rings. The quantitative estimate of drug-likeness (QED) is 0.636. The number of hydrogen-bond acceptors (Lipinski definition) is 4. The van der Waals surface area contributed by atoms with Gasteiger partial charge in [0.05, 0.1) is 7.11 Å². The van der Waals surface area contributed by atoms with Gasteiger partial charge >= 0.3 is 0 Å². The van der Waals surface area contributed by atoms with Crippen molar-refractivity contribution in [1.29, 1.82) is 0 Å². The fourth-order valence-electron chi connectivity index (χ4n) is 1.50. The van der Waals surface area contributed by atoms with E-state index in [-0.39, 0.29) is 6.61 Å². The van der Waals surface area contributed by atoms with Crippen molar-refractivity contribution in [2.75, 3.05) is 40.1 Å². The van der Waals surface area contributed by atoms with E-state index >= 15 is 0 Å². The van der Waals surface area contributed by atoms with Crippen molar-refractivity contribution in [3.63, 3.8) is 0 Å². The lowest BCUT2D eigenvalue weighted by Gasteiger charge is -2.10. The van der Waals surface area contributed by atoms with Gasteiger partial charge in [-0.1, -0.05) is 11.8 Å². The zero-order valence-electron chi connectivity index (χ0n) is 11.8. The van der Waals surface area contributed by atoms with Crippen molar-refractivity contribution in [2.45, 2.75) is 5.75 Å². The minimum Gasteiger partial charge on any atom is -0.497 e. The number of methoxy groups -OCH3 is 1. The zero-order chi connectivity index (χ0) is 14.1. The summed E-state index contributed by atoms with van der Waals surface area (Å²) in [5, 5.41) is 8.79. The minimum absolute atomic E-state index is 0.112. The number of nitrogens with zero attached hydrogens (tertiary/aromatic N) is 1. The van der Waals surface area contributed by atoms with Crippen LogP contribution in [0.1, 0.15) is 11.1 Å². The normalized spacial score (nSPS) is 10.2. The fraction of sp³-hybridized carbons (Fsp3) is 0.467. The molecule has 0 aromatic heterocycles. The number of thioether (sulfide) groups is 1. The number of aliphatic hydroxyl groups is 1. The summed E-state index contributed by atoms with van der Waals surface area (Å²) < 4.78 is 5.24. The second kappa shape index (κ2) is 8.87. The highest BCUT2D eigenvalue weighted by atomic mass is 32.2. The van der Waals surface area contributed by atoms with Crippen LogP contribution in [0.4, 0.5) is 0 Å². The van der Waals surface area contributed by atoms with E-state index in [2.05, 4.69) is 30.8 Å². The highest BCUT2D eigenvalue weighted by Gasteiger charge is 2.03. The molecule has 0 saturated heterocycles. The highest BCUT2D eigenvalue weighted by molar-refractivity contribution is 7.98. The molecule has 1 aromatic rings. The second-order valence-corrected chi connectivity index (χ2v) is 5.44. The Morgan fingerprint density at radius 3 is 2.79 bits per heavy atom. The van der Waals surface area contributed by atoms with Gasteiger partial charge in [-0.05, 0) is 37.9 Å². The molecular weight excluding hydrogens is 258 g/mol. The lowest BCUT2D eigenvalue weighted by molar-refractivity contribution is 0.350. The maximum Gasteiger partial charge on any atom is 0.119 e. The lowest BCUT2D eigenvalue weighted by Crippen LogP contribution is -2.14. The Hall–Kier alpha value is -1.15. The molecule has 1 N–H and O–H groups in total. The van der Waals surface area contributed by atoms with Crippen LogP contribution >= 0.6 is 11.8 Å². The summed E-state index contributed by atoms with van der Waals surface area (Å²) in [5.41, 5.74) is 2.12. The molecule has 0 saturated carbocycles. The van der Waals surface area contributed by atoms with Crippen LogP contribution in [0.15, 0.2) is 18.2 Å². The first-order valence-electron chi connectivity index (χ1n) is 6.16. The molecule has 3 nitrogen and oxygen atoms in total. The summed E-state index contributed by atoms with van der Waals surface area (Å²) in [6.45, 7) is 0.950. The molecule has 0 atom stereocenters. The van der Waals surface area contributed by atoms with Crippen LogP contribution in [0.2, 0.25) is 0 Å². The molecule has 4 heteroatoms. The predicted molar refractivity (Wildman–Crippen MR) is 81.7 cm³/mol. The molecule has 1 aromatic carbocycles. The van der Waals surface area contributed by atoms with E-state index in [0.717, 1.165) is 34.9 Å². The summed E-state index contributed by atoms with van der Waals surface area (Å²) in [6.07, 6.45) is 0. The first-order valence-corrected chi connectivity index (χ1v) is 7.32. The Morgan fingerprint density at radius 2 is 2.16 bits per heavy atom. The number of rotatable bonds is 6. The third kappa shape index (κ3) is 6.02. The van der Waals surface area contributed by atoms with Gasteiger partial charge in [0.25, 0.3) is 0 Å². The van der Waals surface area contributed by atoms with Crippen LogP contribution in [0.3, 0.4) is 0 Å². The average Bonchev–Trinajstić information content (AvgIpc) is 2.41. The molecule has 19 heavy (non-hydrogen) atoms. The molecule has 104 valence electrons. The molecule has 0 aliphatic heterocycles. The molecule has 0 spiro atoms. The largest absolute Gasteiger partial charge is 0.497 e. The molecule has 0 bridgehead atoms. The molecule has 0 unspecified atom stereocenters. The molecular formula is C15H21NO2S. The Morgan fingerprint density at radius 1 is 1.37 bits per heavy atom. The summed E-state index contributed by atoms with van der Waals surface area (Å²) in [7, 11) is 5.81. The van der Waals surface area contributed by atoms with Crippen LogP contribution in [-0.2, 0) is 5.75 Å². The van der Waals surface area contributed by atoms with Crippen LogP contribution in [0, 0.1) is 11.8 Å². The van der Waals surface area contributed by atoms with E-state index in [4.69, 9.17) is 9.84 Å². The van der Waals surface area contributed by atoms with Crippen molar-refractivity contribution < 1.29 is 9.84 Å². The Balaban J connectivity index is 2.71. The van der Waals surface area contributed by atoms with Gasteiger partial charge in [0.15, 0.2) is 0 Å². The van der Waals surface area contributed by atoms with Crippen molar-refractivity contribution in [2.24, 2.45) is 0 Å². The Kier molecular flexibility index (Phi) is 7.42. The third-order valence-corrected chi connectivity index (χ3v) is 3.54. The first-order chi connectivity index (χ1) is 9.17. The van der Waals surface area contributed by atoms with E-state index in [1.54, 1.807) is 7.11 Å². The first kappa shape index (κ1) is 15.9. The van der Waals surface area contributed by atoms with Crippen LogP contribution in [0.5, 0.6) is 5.75 Å². The summed E-state index contributed by atoms with van der Waals surface area (Å²) >= 11 is 1.87. The number of ether oxygens (including phenoxy) is 1. The van der Waals surface area contributed by atoms with Crippen molar-refractivity contribution in [3.05, 3.63) is 29.3 Å². The fourth-order valence-corrected chi connectivity index (χ4v) is 2.60. The molecule has 0 radical (unpaired) electrons. The maximum absolute atomic E-state index is 8.79. The second-order valence-electron chi connectivity index (χ2n) is 4.34. The van der Waals surface area contributed by atoms with Crippen LogP contribution in [-0.4, -0.2) is 50.1 Å². The highest BCUT2D eigenvalue weighted by Crippen LogP contribution is 2.21. The van der Waals surface area contributed by atoms with Gasteiger partial charge in [-0.2, -0.15) is 11.8 Å². The number of aliphatic hydroxyl groups excluding tert-OH is 1.